The summed E-state index contributed by atoms with van der Waals surface area (Å²) in [4.78, 5) is 4.18. The molecule has 0 spiro atoms. The lowest BCUT2D eigenvalue weighted by Gasteiger charge is -2.32. The number of hydrogen-bond acceptors (Lipinski definition) is 3. The Bertz CT molecular complexity index is 340. The Morgan fingerprint density at radius 1 is 1.56 bits per heavy atom. The molecule has 3 atom stereocenters. The first kappa shape index (κ1) is 13.5. The maximum atomic E-state index is 5.78. The number of hydrogen-bond donors (Lipinski definition) is 1. The Morgan fingerprint density at radius 2 is 2.44 bits per heavy atom. The minimum Gasteiger partial charge on any atom is -0.378 e. The zero-order valence-electron chi connectivity index (χ0n) is 11.4. The topological polar surface area (TPSA) is 34.2 Å². The third kappa shape index (κ3) is 3.79. The van der Waals surface area contributed by atoms with Crippen molar-refractivity contribution < 1.29 is 4.74 Å². The van der Waals surface area contributed by atoms with Crippen molar-refractivity contribution in [3.05, 3.63) is 30.1 Å². The summed E-state index contributed by atoms with van der Waals surface area (Å²) in [7, 11) is 0. The van der Waals surface area contributed by atoms with Gasteiger partial charge in [0.05, 0.1) is 6.10 Å². The number of nitrogens with zero attached hydrogens (tertiary/aromatic N) is 1. The van der Waals surface area contributed by atoms with Gasteiger partial charge in [-0.15, -0.1) is 0 Å². The average Bonchev–Trinajstić information content (AvgIpc) is 2.40. The molecule has 1 saturated heterocycles. The van der Waals surface area contributed by atoms with Crippen molar-refractivity contribution in [2.45, 2.75) is 57.7 Å². The van der Waals surface area contributed by atoms with E-state index in [0.29, 0.717) is 18.2 Å². The zero-order chi connectivity index (χ0) is 12.8. The third-order valence-electron chi connectivity index (χ3n) is 3.65. The van der Waals surface area contributed by atoms with Crippen LogP contribution in [0.5, 0.6) is 0 Å². The van der Waals surface area contributed by atoms with Gasteiger partial charge in [-0.1, -0.05) is 19.4 Å². The first-order chi connectivity index (χ1) is 8.79. The fourth-order valence-corrected chi connectivity index (χ4v) is 2.64. The molecule has 1 aromatic heterocycles. The number of ether oxygens (including phenoxy) is 1. The van der Waals surface area contributed by atoms with E-state index in [-0.39, 0.29) is 0 Å². The Hall–Kier alpha value is -0.930. The van der Waals surface area contributed by atoms with Gasteiger partial charge in [-0.2, -0.15) is 0 Å². The second-order valence-electron chi connectivity index (χ2n) is 5.18. The number of nitrogens with one attached hydrogen (secondary N) is 1. The highest BCUT2D eigenvalue weighted by Gasteiger charge is 2.23. The fraction of sp³-hybridized carbons (Fsp3) is 0.667. The molecular weight excluding hydrogens is 224 g/mol. The molecule has 0 aromatic carbocycles. The molecular formula is C15H24N2O. The summed E-state index contributed by atoms with van der Waals surface area (Å²) in [5, 5.41) is 3.70. The van der Waals surface area contributed by atoms with Crippen LogP contribution in [-0.2, 0) is 4.74 Å². The van der Waals surface area contributed by atoms with Crippen molar-refractivity contribution >= 4 is 0 Å². The molecule has 3 heteroatoms. The van der Waals surface area contributed by atoms with Crippen LogP contribution in [0.15, 0.2) is 24.5 Å². The van der Waals surface area contributed by atoms with Crippen molar-refractivity contribution in [1.29, 1.82) is 0 Å². The molecule has 0 bridgehead atoms. The van der Waals surface area contributed by atoms with E-state index >= 15 is 0 Å². The highest BCUT2D eigenvalue weighted by Crippen LogP contribution is 2.21. The highest BCUT2D eigenvalue weighted by molar-refractivity contribution is 5.13. The first-order valence-electron chi connectivity index (χ1n) is 7.07. The summed E-state index contributed by atoms with van der Waals surface area (Å²) >= 11 is 0. The molecule has 2 rings (SSSR count). The van der Waals surface area contributed by atoms with Crippen molar-refractivity contribution in [2.24, 2.45) is 0 Å². The van der Waals surface area contributed by atoms with Crippen LogP contribution in [0.3, 0.4) is 0 Å². The lowest BCUT2D eigenvalue weighted by molar-refractivity contribution is -0.00473. The van der Waals surface area contributed by atoms with Crippen LogP contribution < -0.4 is 5.32 Å². The number of pyridine rings is 1. The Labute approximate surface area is 110 Å². The number of rotatable bonds is 5. The molecule has 0 saturated carbocycles. The summed E-state index contributed by atoms with van der Waals surface area (Å²) in [5.74, 6) is 0. The van der Waals surface area contributed by atoms with Gasteiger partial charge in [0, 0.05) is 31.1 Å². The molecule has 0 aliphatic carbocycles. The first-order valence-corrected chi connectivity index (χ1v) is 7.07. The summed E-state index contributed by atoms with van der Waals surface area (Å²) in [6.07, 6.45) is 8.85. The van der Waals surface area contributed by atoms with Crippen LogP contribution >= 0.6 is 0 Å². The van der Waals surface area contributed by atoms with E-state index < -0.39 is 0 Å². The Balaban J connectivity index is 1.85. The van der Waals surface area contributed by atoms with E-state index in [0.717, 1.165) is 19.4 Å². The van der Waals surface area contributed by atoms with Gasteiger partial charge in [-0.3, -0.25) is 4.98 Å². The van der Waals surface area contributed by atoms with Crippen LogP contribution in [0, 0.1) is 0 Å². The van der Waals surface area contributed by atoms with Gasteiger partial charge in [0.1, 0.15) is 0 Å². The molecule has 1 aromatic rings. The van der Waals surface area contributed by atoms with Gasteiger partial charge in [0.25, 0.3) is 0 Å². The Kier molecular flexibility index (Phi) is 5.14. The van der Waals surface area contributed by atoms with Gasteiger partial charge < -0.3 is 10.1 Å². The van der Waals surface area contributed by atoms with E-state index in [2.05, 4.69) is 30.2 Å². The molecule has 1 N–H and O–H groups in total. The second-order valence-corrected chi connectivity index (χ2v) is 5.18. The van der Waals surface area contributed by atoms with Gasteiger partial charge in [0.2, 0.25) is 0 Å². The van der Waals surface area contributed by atoms with Gasteiger partial charge >= 0.3 is 0 Å². The molecule has 3 unspecified atom stereocenters. The van der Waals surface area contributed by atoms with E-state index in [1.165, 1.54) is 18.4 Å². The van der Waals surface area contributed by atoms with E-state index in [1.807, 2.05) is 18.5 Å². The molecule has 1 aliphatic rings. The highest BCUT2D eigenvalue weighted by atomic mass is 16.5. The van der Waals surface area contributed by atoms with Crippen LogP contribution in [0.1, 0.15) is 51.1 Å². The molecule has 0 radical (unpaired) electrons. The lowest BCUT2D eigenvalue weighted by atomic mass is 9.98. The smallest absolute Gasteiger partial charge is 0.0589 e. The molecule has 1 fully saturated rings. The van der Waals surface area contributed by atoms with Crippen molar-refractivity contribution in [3.63, 3.8) is 0 Å². The van der Waals surface area contributed by atoms with Gasteiger partial charge in [-0.05, 0) is 37.8 Å². The quantitative estimate of drug-likeness (QED) is 0.869. The molecule has 0 amide bonds. The molecule has 3 nitrogen and oxygen atoms in total. The number of aromatic nitrogens is 1. The summed E-state index contributed by atoms with van der Waals surface area (Å²) in [6.45, 7) is 5.32. The van der Waals surface area contributed by atoms with Crippen LogP contribution in [0.2, 0.25) is 0 Å². The van der Waals surface area contributed by atoms with Gasteiger partial charge in [-0.25, -0.2) is 0 Å². The monoisotopic (exact) mass is 248 g/mol. The predicted octanol–water partition coefficient (Wildman–Crippen LogP) is 3.08. The zero-order valence-corrected chi connectivity index (χ0v) is 11.4. The van der Waals surface area contributed by atoms with Crippen molar-refractivity contribution in [2.75, 3.05) is 6.61 Å². The van der Waals surface area contributed by atoms with Gasteiger partial charge in [0.15, 0.2) is 0 Å². The molecule has 2 heterocycles. The Morgan fingerprint density at radius 3 is 3.17 bits per heavy atom. The maximum absolute atomic E-state index is 5.78. The molecule has 1 aliphatic heterocycles. The summed E-state index contributed by atoms with van der Waals surface area (Å²) < 4.78 is 5.78. The van der Waals surface area contributed by atoms with Crippen LogP contribution in [0.4, 0.5) is 0 Å². The SMILES string of the molecule is CCCC1CC(NC(C)c2cccnc2)CCO1. The van der Waals surface area contributed by atoms with Crippen molar-refractivity contribution in [1.82, 2.24) is 10.3 Å². The van der Waals surface area contributed by atoms with E-state index in [1.54, 1.807) is 0 Å². The minimum absolute atomic E-state index is 0.365. The van der Waals surface area contributed by atoms with Crippen molar-refractivity contribution in [3.8, 4) is 0 Å². The maximum Gasteiger partial charge on any atom is 0.0589 e. The van der Waals surface area contributed by atoms with E-state index in [4.69, 9.17) is 4.74 Å². The standard InChI is InChI=1S/C15H24N2O/c1-3-5-15-10-14(7-9-18-15)17-12(2)13-6-4-8-16-11-13/h4,6,8,11-12,14-15,17H,3,5,7,9-10H2,1-2H3. The largest absolute Gasteiger partial charge is 0.378 e. The lowest BCUT2D eigenvalue weighted by Crippen LogP contribution is -2.40. The van der Waals surface area contributed by atoms with Crippen LogP contribution in [0.25, 0.3) is 0 Å². The average molecular weight is 248 g/mol. The summed E-state index contributed by atoms with van der Waals surface area (Å²) in [6, 6.07) is 5.07. The van der Waals surface area contributed by atoms with E-state index in [9.17, 15) is 0 Å². The van der Waals surface area contributed by atoms with Crippen LogP contribution in [-0.4, -0.2) is 23.7 Å². The molecule has 100 valence electrons. The third-order valence-corrected chi connectivity index (χ3v) is 3.65. The minimum atomic E-state index is 0.365. The summed E-state index contributed by atoms with van der Waals surface area (Å²) in [5.41, 5.74) is 1.26. The molecule has 18 heavy (non-hydrogen) atoms. The predicted molar refractivity (Wildman–Crippen MR) is 73.5 cm³/mol. The normalized spacial score (nSPS) is 25.9. The fourth-order valence-electron chi connectivity index (χ4n) is 2.64. The second kappa shape index (κ2) is 6.86.